The minimum absolute atomic E-state index is 0.272. The molecule has 0 spiro atoms. The van der Waals surface area contributed by atoms with Crippen molar-refractivity contribution in [2.24, 2.45) is 5.92 Å². The van der Waals surface area contributed by atoms with Crippen molar-refractivity contribution in [2.45, 2.75) is 25.3 Å². The number of hydrogen-bond donors (Lipinski definition) is 1. The van der Waals surface area contributed by atoms with E-state index in [4.69, 9.17) is 9.47 Å². The van der Waals surface area contributed by atoms with Gasteiger partial charge < -0.3 is 19.7 Å². The zero-order valence-corrected chi connectivity index (χ0v) is 11.3. The first kappa shape index (κ1) is 11.4. The third-order valence-electron chi connectivity index (χ3n) is 4.63. The van der Waals surface area contributed by atoms with E-state index in [1.165, 1.54) is 18.5 Å². The number of ether oxygens (including phenoxy) is 2. The summed E-state index contributed by atoms with van der Waals surface area (Å²) in [6, 6.07) is 6.28. The van der Waals surface area contributed by atoms with Crippen molar-refractivity contribution in [3.63, 3.8) is 0 Å². The monoisotopic (exact) mass is 260 g/mol. The Morgan fingerprint density at radius 2 is 2.11 bits per heavy atom. The largest absolute Gasteiger partial charge is 0.454 e. The highest BCUT2D eigenvalue weighted by molar-refractivity contribution is 5.57. The van der Waals surface area contributed by atoms with Crippen molar-refractivity contribution >= 4 is 5.69 Å². The molecule has 19 heavy (non-hydrogen) atoms. The van der Waals surface area contributed by atoms with Gasteiger partial charge in [0.05, 0.1) is 0 Å². The average Bonchev–Trinajstić information content (AvgIpc) is 3.18. The first-order valence-electron chi connectivity index (χ1n) is 7.14. The van der Waals surface area contributed by atoms with Crippen molar-refractivity contribution in [1.82, 2.24) is 5.32 Å². The SMILES string of the molecule is CC1(C2CC2)CN(c2ccc3c(c2)OCO3)CCN1. The van der Waals surface area contributed by atoms with Gasteiger partial charge in [0.25, 0.3) is 0 Å². The molecule has 2 fully saturated rings. The number of piperazine rings is 1. The van der Waals surface area contributed by atoms with Crippen LogP contribution in [-0.2, 0) is 0 Å². The molecule has 1 aromatic carbocycles. The topological polar surface area (TPSA) is 33.7 Å². The summed E-state index contributed by atoms with van der Waals surface area (Å²) >= 11 is 0. The molecule has 102 valence electrons. The standard InChI is InChI=1S/C15H20N2O2/c1-15(11-2-3-11)9-17(7-6-16-15)12-4-5-13-14(8-12)19-10-18-13/h4-5,8,11,16H,2-3,6-7,9-10H2,1H3. The van der Waals surface area contributed by atoms with Crippen LogP contribution in [0.25, 0.3) is 0 Å². The van der Waals surface area contributed by atoms with E-state index in [1.807, 2.05) is 6.07 Å². The van der Waals surface area contributed by atoms with Gasteiger partial charge in [-0.05, 0) is 37.8 Å². The molecule has 1 N–H and O–H groups in total. The Labute approximate surface area is 113 Å². The van der Waals surface area contributed by atoms with Gasteiger partial charge in [-0.15, -0.1) is 0 Å². The van der Waals surface area contributed by atoms with Crippen molar-refractivity contribution in [3.8, 4) is 11.5 Å². The molecular formula is C15H20N2O2. The summed E-state index contributed by atoms with van der Waals surface area (Å²) in [4.78, 5) is 2.47. The molecule has 4 rings (SSSR count). The lowest BCUT2D eigenvalue weighted by molar-refractivity contribution is 0.174. The first-order chi connectivity index (χ1) is 9.24. The molecule has 2 heterocycles. The van der Waals surface area contributed by atoms with Crippen LogP contribution in [0.1, 0.15) is 19.8 Å². The van der Waals surface area contributed by atoms with Crippen molar-refractivity contribution in [2.75, 3.05) is 31.3 Å². The van der Waals surface area contributed by atoms with E-state index in [2.05, 4.69) is 29.3 Å². The predicted molar refractivity (Wildman–Crippen MR) is 73.9 cm³/mol. The van der Waals surface area contributed by atoms with Gasteiger partial charge in [0, 0.05) is 36.9 Å². The van der Waals surface area contributed by atoms with Crippen molar-refractivity contribution < 1.29 is 9.47 Å². The molecule has 2 aliphatic heterocycles. The second-order valence-corrected chi connectivity index (χ2v) is 6.08. The van der Waals surface area contributed by atoms with Crippen LogP contribution in [-0.4, -0.2) is 32.0 Å². The normalized spacial score (nSPS) is 29.6. The highest BCUT2D eigenvalue weighted by Gasteiger charge is 2.44. The summed E-state index contributed by atoms with van der Waals surface area (Å²) < 4.78 is 10.9. The molecule has 3 aliphatic rings. The lowest BCUT2D eigenvalue weighted by atomic mass is 9.92. The summed E-state index contributed by atoms with van der Waals surface area (Å²) in [7, 11) is 0. The fourth-order valence-electron chi connectivity index (χ4n) is 3.30. The van der Waals surface area contributed by atoms with E-state index in [0.29, 0.717) is 6.79 Å². The Balaban J connectivity index is 1.58. The summed E-state index contributed by atoms with van der Waals surface area (Å²) in [5.41, 5.74) is 1.52. The fraction of sp³-hybridized carbons (Fsp3) is 0.600. The van der Waals surface area contributed by atoms with Crippen molar-refractivity contribution in [3.05, 3.63) is 18.2 Å². The maximum atomic E-state index is 5.48. The number of rotatable bonds is 2. The van der Waals surface area contributed by atoms with Crippen molar-refractivity contribution in [1.29, 1.82) is 0 Å². The number of fused-ring (bicyclic) bond motifs is 1. The molecule has 4 nitrogen and oxygen atoms in total. The Hall–Kier alpha value is -1.42. The van der Waals surface area contributed by atoms with Gasteiger partial charge in [-0.2, -0.15) is 0 Å². The lowest BCUT2D eigenvalue weighted by Crippen LogP contribution is -2.60. The number of nitrogens with zero attached hydrogens (tertiary/aromatic N) is 1. The Kier molecular flexibility index (Phi) is 2.42. The van der Waals surface area contributed by atoms with E-state index in [1.54, 1.807) is 0 Å². The minimum atomic E-state index is 0.272. The Morgan fingerprint density at radius 3 is 2.95 bits per heavy atom. The summed E-state index contributed by atoms with van der Waals surface area (Å²) in [5, 5.41) is 3.71. The van der Waals surface area contributed by atoms with E-state index in [0.717, 1.165) is 37.1 Å². The molecule has 4 heteroatoms. The van der Waals surface area contributed by atoms with Crippen LogP contribution in [0, 0.1) is 5.92 Å². The van der Waals surface area contributed by atoms with Gasteiger partial charge in [0.1, 0.15) is 0 Å². The van der Waals surface area contributed by atoms with Crippen LogP contribution >= 0.6 is 0 Å². The predicted octanol–water partition coefficient (Wildman–Crippen LogP) is 1.99. The van der Waals surface area contributed by atoms with Crippen LogP contribution in [0.5, 0.6) is 11.5 Å². The summed E-state index contributed by atoms with van der Waals surface area (Å²) in [6.45, 7) is 5.91. The highest BCUT2D eigenvalue weighted by atomic mass is 16.7. The number of nitrogens with one attached hydrogen (secondary N) is 1. The maximum absolute atomic E-state index is 5.48. The second-order valence-electron chi connectivity index (χ2n) is 6.08. The minimum Gasteiger partial charge on any atom is -0.454 e. The van der Waals surface area contributed by atoms with Gasteiger partial charge in [-0.3, -0.25) is 0 Å². The Morgan fingerprint density at radius 1 is 1.26 bits per heavy atom. The van der Waals surface area contributed by atoms with Gasteiger partial charge >= 0.3 is 0 Å². The third kappa shape index (κ3) is 1.94. The van der Waals surface area contributed by atoms with Gasteiger partial charge in [0.2, 0.25) is 6.79 Å². The number of benzene rings is 1. The van der Waals surface area contributed by atoms with Crippen LogP contribution in [0.15, 0.2) is 18.2 Å². The number of hydrogen-bond acceptors (Lipinski definition) is 4. The molecular weight excluding hydrogens is 240 g/mol. The summed E-state index contributed by atoms with van der Waals surface area (Å²) in [5.74, 6) is 2.59. The maximum Gasteiger partial charge on any atom is 0.231 e. The molecule has 1 unspecified atom stereocenters. The fourth-order valence-corrected chi connectivity index (χ4v) is 3.30. The molecule has 1 saturated carbocycles. The quantitative estimate of drug-likeness (QED) is 0.882. The van der Waals surface area contributed by atoms with E-state index < -0.39 is 0 Å². The van der Waals surface area contributed by atoms with Gasteiger partial charge in [-0.25, -0.2) is 0 Å². The van der Waals surface area contributed by atoms with Gasteiger partial charge in [-0.1, -0.05) is 0 Å². The first-order valence-corrected chi connectivity index (χ1v) is 7.14. The number of anilines is 1. The lowest BCUT2D eigenvalue weighted by Gasteiger charge is -2.43. The molecule has 0 aromatic heterocycles. The molecule has 0 radical (unpaired) electrons. The van der Waals surface area contributed by atoms with Crippen LogP contribution < -0.4 is 19.7 Å². The molecule has 1 aromatic rings. The Bertz CT molecular complexity index is 501. The van der Waals surface area contributed by atoms with Crippen LogP contribution in [0.4, 0.5) is 5.69 Å². The smallest absolute Gasteiger partial charge is 0.231 e. The average molecular weight is 260 g/mol. The van der Waals surface area contributed by atoms with E-state index >= 15 is 0 Å². The zero-order valence-electron chi connectivity index (χ0n) is 11.3. The highest BCUT2D eigenvalue weighted by Crippen LogP contribution is 2.42. The summed E-state index contributed by atoms with van der Waals surface area (Å²) in [6.07, 6.45) is 2.75. The van der Waals surface area contributed by atoms with Crippen LogP contribution in [0.3, 0.4) is 0 Å². The molecule has 1 atom stereocenters. The van der Waals surface area contributed by atoms with Crippen LogP contribution in [0.2, 0.25) is 0 Å². The molecule has 1 aliphatic carbocycles. The molecule has 0 amide bonds. The molecule has 1 saturated heterocycles. The van der Waals surface area contributed by atoms with Gasteiger partial charge in [0.15, 0.2) is 11.5 Å². The van der Waals surface area contributed by atoms with E-state index in [-0.39, 0.29) is 5.54 Å². The third-order valence-corrected chi connectivity index (χ3v) is 4.63. The van der Waals surface area contributed by atoms with E-state index in [9.17, 15) is 0 Å². The molecule has 0 bridgehead atoms. The second kappa shape index (κ2) is 4.04. The zero-order chi connectivity index (χ0) is 12.9.